The summed E-state index contributed by atoms with van der Waals surface area (Å²) in [7, 11) is 0. The smallest absolute Gasteiger partial charge is 0.136 e. The quantitative estimate of drug-likeness (QED) is 0.649. The van der Waals surface area contributed by atoms with Crippen molar-refractivity contribution in [1.29, 1.82) is 0 Å². The van der Waals surface area contributed by atoms with Crippen molar-refractivity contribution in [1.82, 2.24) is 0 Å². The first kappa shape index (κ1) is 12.1. The molecule has 2 fully saturated rings. The lowest BCUT2D eigenvalue weighted by Crippen LogP contribution is -2.35. The molecule has 0 heterocycles. The molecule has 1 heteroatoms. The molecule has 0 aliphatic heterocycles. The summed E-state index contributed by atoms with van der Waals surface area (Å²) < 4.78 is 0. The zero-order valence-electron chi connectivity index (χ0n) is 11.1. The maximum atomic E-state index is 12.1. The second-order valence-electron chi connectivity index (χ2n) is 6.95. The Labute approximate surface area is 100.0 Å². The van der Waals surface area contributed by atoms with E-state index in [9.17, 15) is 4.79 Å². The zero-order valence-corrected chi connectivity index (χ0v) is 11.1. The van der Waals surface area contributed by atoms with Crippen molar-refractivity contribution in [2.45, 2.75) is 65.7 Å². The summed E-state index contributed by atoms with van der Waals surface area (Å²) in [5.41, 5.74) is 0.386. The van der Waals surface area contributed by atoms with Gasteiger partial charge in [-0.05, 0) is 42.9 Å². The van der Waals surface area contributed by atoms with Gasteiger partial charge >= 0.3 is 0 Å². The average molecular weight is 222 g/mol. The van der Waals surface area contributed by atoms with Gasteiger partial charge in [-0.1, -0.05) is 33.6 Å². The SMILES string of the molecule is CC(C)(C)C1CCC(=O)C(C2CCCC2)C1. The molecular formula is C15H26O. The topological polar surface area (TPSA) is 17.1 Å². The van der Waals surface area contributed by atoms with E-state index in [4.69, 9.17) is 0 Å². The van der Waals surface area contributed by atoms with Gasteiger partial charge in [0.2, 0.25) is 0 Å². The molecule has 1 nitrogen and oxygen atoms in total. The van der Waals surface area contributed by atoms with Crippen molar-refractivity contribution in [3.63, 3.8) is 0 Å². The summed E-state index contributed by atoms with van der Waals surface area (Å²) in [6.07, 6.45) is 8.49. The lowest BCUT2D eigenvalue weighted by Gasteiger charge is -2.38. The highest BCUT2D eigenvalue weighted by molar-refractivity contribution is 5.82. The number of carbonyl (C=O) groups is 1. The Hall–Kier alpha value is -0.330. The first-order valence-corrected chi connectivity index (χ1v) is 7.01. The lowest BCUT2D eigenvalue weighted by atomic mass is 9.65. The third-order valence-corrected chi connectivity index (χ3v) is 4.88. The molecule has 2 rings (SSSR count). The van der Waals surface area contributed by atoms with Gasteiger partial charge in [-0.3, -0.25) is 4.79 Å². The molecule has 0 amide bonds. The number of ketones is 1. The van der Waals surface area contributed by atoms with Crippen LogP contribution in [0.15, 0.2) is 0 Å². The van der Waals surface area contributed by atoms with Crippen LogP contribution in [-0.2, 0) is 4.79 Å². The van der Waals surface area contributed by atoms with Gasteiger partial charge in [0, 0.05) is 12.3 Å². The molecule has 0 aromatic rings. The van der Waals surface area contributed by atoms with Crippen LogP contribution >= 0.6 is 0 Å². The highest BCUT2D eigenvalue weighted by atomic mass is 16.1. The van der Waals surface area contributed by atoms with Crippen molar-refractivity contribution in [2.75, 3.05) is 0 Å². The predicted octanol–water partition coefficient (Wildman–Crippen LogP) is 4.21. The number of hydrogen-bond donors (Lipinski definition) is 0. The van der Waals surface area contributed by atoms with Crippen LogP contribution in [-0.4, -0.2) is 5.78 Å². The Morgan fingerprint density at radius 2 is 1.69 bits per heavy atom. The van der Waals surface area contributed by atoms with E-state index in [0.29, 0.717) is 17.1 Å². The second-order valence-corrected chi connectivity index (χ2v) is 6.95. The van der Waals surface area contributed by atoms with Crippen molar-refractivity contribution >= 4 is 5.78 Å². The molecule has 2 saturated carbocycles. The average Bonchev–Trinajstić information content (AvgIpc) is 2.69. The molecule has 16 heavy (non-hydrogen) atoms. The molecule has 0 bridgehead atoms. The molecule has 0 aromatic carbocycles. The third kappa shape index (κ3) is 2.49. The molecule has 2 unspecified atom stereocenters. The number of rotatable bonds is 1. The first-order chi connectivity index (χ1) is 7.48. The third-order valence-electron chi connectivity index (χ3n) is 4.88. The van der Waals surface area contributed by atoms with Crippen LogP contribution in [0.5, 0.6) is 0 Å². The standard InChI is InChI=1S/C15H26O/c1-15(2,3)12-8-9-14(16)13(10-12)11-6-4-5-7-11/h11-13H,4-10H2,1-3H3. The van der Waals surface area contributed by atoms with Gasteiger partial charge in [0.15, 0.2) is 0 Å². The van der Waals surface area contributed by atoms with Gasteiger partial charge in [-0.2, -0.15) is 0 Å². The van der Waals surface area contributed by atoms with E-state index in [-0.39, 0.29) is 0 Å². The van der Waals surface area contributed by atoms with E-state index in [1.807, 2.05) is 0 Å². The van der Waals surface area contributed by atoms with E-state index < -0.39 is 0 Å². The number of hydrogen-bond acceptors (Lipinski definition) is 1. The van der Waals surface area contributed by atoms with Crippen molar-refractivity contribution in [3.05, 3.63) is 0 Å². The maximum Gasteiger partial charge on any atom is 0.136 e. The van der Waals surface area contributed by atoms with Crippen LogP contribution in [0.2, 0.25) is 0 Å². The minimum absolute atomic E-state index is 0.386. The molecule has 2 aliphatic rings. The predicted molar refractivity (Wildman–Crippen MR) is 67.3 cm³/mol. The fraction of sp³-hybridized carbons (Fsp3) is 0.933. The molecule has 0 aromatic heterocycles. The molecule has 92 valence electrons. The summed E-state index contributed by atoms with van der Waals surface area (Å²) in [6, 6.07) is 0. The largest absolute Gasteiger partial charge is 0.299 e. The van der Waals surface area contributed by atoms with Crippen LogP contribution < -0.4 is 0 Å². The fourth-order valence-corrected chi connectivity index (χ4v) is 3.66. The van der Waals surface area contributed by atoms with Crippen LogP contribution in [0.3, 0.4) is 0 Å². The molecule has 0 N–H and O–H groups in total. The van der Waals surface area contributed by atoms with Crippen LogP contribution in [0.4, 0.5) is 0 Å². The summed E-state index contributed by atoms with van der Waals surface area (Å²) >= 11 is 0. The van der Waals surface area contributed by atoms with Gasteiger partial charge in [0.1, 0.15) is 5.78 Å². The Morgan fingerprint density at radius 3 is 2.25 bits per heavy atom. The van der Waals surface area contributed by atoms with Gasteiger partial charge in [0.05, 0.1) is 0 Å². The summed E-state index contributed by atoms with van der Waals surface area (Å²) in [6.45, 7) is 7.00. The van der Waals surface area contributed by atoms with E-state index in [2.05, 4.69) is 20.8 Å². The van der Waals surface area contributed by atoms with Crippen molar-refractivity contribution < 1.29 is 4.79 Å². The van der Waals surface area contributed by atoms with E-state index >= 15 is 0 Å². The Bertz CT molecular complexity index is 255. The monoisotopic (exact) mass is 222 g/mol. The Kier molecular flexibility index (Phi) is 3.42. The minimum atomic E-state index is 0.386. The lowest BCUT2D eigenvalue weighted by molar-refractivity contribution is -0.128. The molecule has 2 atom stereocenters. The molecule has 0 radical (unpaired) electrons. The fourth-order valence-electron chi connectivity index (χ4n) is 3.66. The maximum absolute atomic E-state index is 12.1. The van der Waals surface area contributed by atoms with Gasteiger partial charge in [0.25, 0.3) is 0 Å². The van der Waals surface area contributed by atoms with E-state index in [0.717, 1.165) is 24.7 Å². The van der Waals surface area contributed by atoms with E-state index in [1.165, 1.54) is 32.1 Å². The zero-order chi connectivity index (χ0) is 11.8. The molecule has 0 saturated heterocycles. The van der Waals surface area contributed by atoms with Gasteiger partial charge in [-0.15, -0.1) is 0 Å². The molecular weight excluding hydrogens is 196 g/mol. The first-order valence-electron chi connectivity index (χ1n) is 7.01. The molecule has 0 spiro atoms. The minimum Gasteiger partial charge on any atom is -0.299 e. The molecule has 2 aliphatic carbocycles. The van der Waals surface area contributed by atoms with Gasteiger partial charge < -0.3 is 0 Å². The van der Waals surface area contributed by atoms with Crippen molar-refractivity contribution in [3.8, 4) is 0 Å². The summed E-state index contributed by atoms with van der Waals surface area (Å²) in [4.78, 5) is 12.1. The normalized spacial score (nSPS) is 33.3. The Morgan fingerprint density at radius 1 is 1.06 bits per heavy atom. The highest BCUT2D eigenvalue weighted by Crippen LogP contribution is 2.44. The van der Waals surface area contributed by atoms with Crippen LogP contribution in [0.1, 0.15) is 65.7 Å². The van der Waals surface area contributed by atoms with Crippen molar-refractivity contribution in [2.24, 2.45) is 23.2 Å². The number of carbonyl (C=O) groups excluding carboxylic acids is 1. The Balaban J connectivity index is 2.02. The summed E-state index contributed by atoms with van der Waals surface area (Å²) in [5.74, 6) is 2.49. The van der Waals surface area contributed by atoms with Crippen LogP contribution in [0.25, 0.3) is 0 Å². The van der Waals surface area contributed by atoms with Crippen LogP contribution in [0, 0.1) is 23.2 Å². The second kappa shape index (κ2) is 4.50. The van der Waals surface area contributed by atoms with E-state index in [1.54, 1.807) is 0 Å². The van der Waals surface area contributed by atoms with Gasteiger partial charge in [-0.25, -0.2) is 0 Å². The summed E-state index contributed by atoms with van der Waals surface area (Å²) in [5, 5.41) is 0. The highest BCUT2D eigenvalue weighted by Gasteiger charge is 2.39. The number of Topliss-reactive ketones (excluding diaryl/α,β-unsaturated/α-hetero) is 1.